The molecule has 1 saturated carbocycles. The third kappa shape index (κ3) is 4.05. The maximum absolute atomic E-state index is 9.72. The lowest BCUT2D eigenvalue weighted by molar-refractivity contribution is 0.109. The second kappa shape index (κ2) is 6.53. The molecule has 3 unspecified atom stereocenters. The van der Waals surface area contributed by atoms with E-state index in [0.717, 1.165) is 19.3 Å². The van der Waals surface area contributed by atoms with Gasteiger partial charge < -0.3 is 10.4 Å². The molecule has 106 valence electrons. The van der Waals surface area contributed by atoms with Gasteiger partial charge in [-0.25, -0.2) is 0 Å². The molecule has 0 amide bonds. The number of rotatable bonds is 4. The number of hydrogen-bond acceptors (Lipinski definition) is 2. The van der Waals surface area contributed by atoms with Crippen LogP contribution >= 0.6 is 0 Å². The standard InChI is InChI=1S/C17H27NO/c1-12(2)14-7-9-15(10-8-14)13(3)18-16-5-4-6-17(19)11-16/h7-10,12-13,16-19H,4-6,11H2,1-3H3. The van der Waals surface area contributed by atoms with Crippen LogP contribution in [0.15, 0.2) is 24.3 Å². The molecule has 3 atom stereocenters. The lowest BCUT2D eigenvalue weighted by Crippen LogP contribution is -2.37. The average Bonchev–Trinajstić information content (AvgIpc) is 2.39. The van der Waals surface area contributed by atoms with Crippen LogP contribution in [0.3, 0.4) is 0 Å². The number of aliphatic hydroxyl groups excluding tert-OH is 1. The minimum atomic E-state index is -0.109. The Kier molecular flexibility index (Phi) is 5.00. The summed E-state index contributed by atoms with van der Waals surface area (Å²) in [6.07, 6.45) is 4.08. The molecular weight excluding hydrogens is 234 g/mol. The zero-order chi connectivity index (χ0) is 13.8. The van der Waals surface area contributed by atoms with Gasteiger partial charge in [0.25, 0.3) is 0 Å². The summed E-state index contributed by atoms with van der Waals surface area (Å²) in [6.45, 7) is 6.66. The quantitative estimate of drug-likeness (QED) is 0.865. The Morgan fingerprint density at radius 2 is 1.68 bits per heavy atom. The monoisotopic (exact) mass is 261 g/mol. The van der Waals surface area contributed by atoms with Gasteiger partial charge in [-0.2, -0.15) is 0 Å². The molecule has 0 radical (unpaired) electrons. The van der Waals surface area contributed by atoms with Gasteiger partial charge in [0.1, 0.15) is 0 Å². The summed E-state index contributed by atoms with van der Waals surface area (Å²) in [7, 11) is 0. The highest BCUT2D eigenvalue weighted by Gasteiger charge is 2.21. The number of benzene rings is 1. The van der Waals surface area contributed by atoms with Crippen molar-refractivity contribution in [3.8, 4) is 0 Å². The van der Waals surface area contributed by atoms with Crippen molar-refractivity contribution in [1.29, 1.82) is 0 Å². The SMILES string of the molecule is CC(C)c1ccc(C(C)NC2CCCC(O)C2)cc1. The number of nitrogens with one attached hydrogen (secondary N) is 1. The van der Waals surface area contributed by atoms with Crippen molar-refractivity contribution in [2.75, 3.05) is 0 Å². The highest BCUT2D eigenvalue weighted by atomic mass is 16.3. The Hall–Kier alpha value is -0.860. The van der Waals surface area contributed by atoms with E-state index in [1.54, 1.807) is 0 Å². The fraction of sp³-hybridized carbons (Fsp3) is 0.647. The molecule has 0 bridgehead atoms. The van der Waals surface area contributed by atoms with E-state index >= 15 is 0 Å². The summed E-state index contributed by atoms with van der Waals surface area (Å²) in [4.78, 5) is 0. The second-order valence-electron chi connectivity index (χ2n) is 6.23. The Morgan fingerprint density at radius 1 is 1.05 bits per heavy atom. The fourth-order valence-electron chi connectivity index (χ4n) is 2.93. The minimum Gasteiger partial charge on any atom is -0.393 e. The highest BCUT2D eigenvalue weighted by molar-refractivity contribution is 5.26. The third-order valence-electron chi connectivity index (χ3n) is 4.24. The van der Waals surface area contributed by atoms with Gasteiger partial charge in [-0.1, -0.05) is 38.1 Å². The van der Waals surface area contributed by atoms with E-state index in [0.29, 0.717) is 18.0 Å². The number of aliphatic hydroxyl groups is 1. The summed E-state index contributed by atoms with van der Waals surface area (Å²) in [5.41, 5.74) is 2.73. The first-order chi connectivity index (χ1) is 9.06. The zero-order valence-corrected chi connectivity index (χ0v) is 12.4. The molecule has 0 spiro atoms. The van der Waals surface area contributed by atoms with Crippen molar-refractivity contribution in [1.82, 2.24) is 5.32 Å². The molecule has 1 aromatic rings. The molecule has 1 fully saturated rings. The Bertz CT molecular complexity index is 385. The van der Waals surface area contributed by atoms with Gasteiger partial charge in [0.05, 0.1) is 6.10 Å². The van der Waals surface area contributed by atoms with Crippen molar-refractivity contribution in [3.05, 3.63) is 35.4 Å². The fourth-order valence-corrected chi connectivity index (χ4v) is 2.93. The van der Waals surface area contributed by atoms with Crippen LogP contribution in [0.1, 0.15) is 69.5 Å². The third-order valence-corrected chi connectivity index (χ3v) is 4.24. The summed E-state index contributed by atoms with van der Waals surface area (Å²) >= 11 is 0. The summed E-state index contributed by atoms with van der Waals surface area (Å²) in [5.74, 6) is 0.589. The van der Waals surface area contributed by atoms with Crippen LogP contribution in [0.5, 0.6) is 0 Å². The first kappa shape index (κ1) is 14.5. The first-order valence-electron chi connectivity index (χ1n) is 7.60. The molecule has 0 aromatic heterocycles. The van der Waals surface area contributed by atoms with E-state index < -0.39 is 0 Å². The lowest BCUT2D eigenvalue weighted by atomic mass is 9.92. The van der Waals surface area contributed by atoms with Crippen molar-refractivity contribution in [3.63, 3.8) is 0 Å². The van der Waals surface area contributed by atoms with Crippen molar-refractivity contribution >= 4 is 0 Å². The Morgan fingerprint density at radius 3 is 2.26 bits per heavy atom. The zero-order valence-electron chi connectivity index (χ0n) is 12.4. The molecule has 0 saturated heterocycles. The molecule has 1 aliphatic rings. The van der Waals surface area contributed by atoms with E-state index in [1.807, 2.05) is 0 Å². The molecule has 2 heteroatoms. The van der Waals surface area contributed by atoms with Crippen LogP contribution < -0.4 is 5.32 Å². The van der Waals surface area contributed by atoms with E-state index in [1.165, 1.54) is 17.5 Å². The summed E-state index contributed by atoms with van der Waals surface area (Å²) in [5, 5.41) is 13.4. The highest BCUT2D eigenvalue weighted by Crippen LogP contribution is 2.23. The van der Waals surface area contributed by atoms with E-state index in [4.69, 9.17) is 0 Å². The van der Waals surface area contributed by atoms with Crippen LogP contribution in [0.2, 0.25) is 0 Å². The van der Waals surface area contributed by atoms with Crippen molar-refractivity contribution in [2.24, 2.45) is 0 Å². The largest absolute Gasteiger partial charge is 0.393 e. The molecule has 0 aliphatic heterocycles. The molecule has 0 heterocycles. The van der Waals surface area contributed by atoms with Gasteiger partial charge >= 0.3 is 0 Å². The Labute approximate surface area is 117 Å². The molecule has 2 nitrogen and oxygen atoms in total. The van der Waals surface area contributed by atoms with E-state index in [9.17, 15) is 5.11 Å². The minimum absolute atomic E-state index is 0.109. The molecular formula is C17H27NO. The van der Waals surface area contributed by atoms with Gasteiger partial charge in [0.2, 0.25) is 0 Å². The van der Waals surface area contributed by atoms with Crippen LogP contribution in [0.4, 0.5) is 0 Å². The van der Waals surface area contributed by atoms with E-state index in [2.05, 4.69) is 50.4 Å². The number of hydrogen-bond donors (Lipinski definition) is 2. The van der Waals surface area contributed by atoms with Crippen molar-refractivity contribution in [2.45, 2.75) is 70.6 Å². The van der Waals surface area contributed by atoms with Gasteiger partial charge in [-0.15, -0.1) is 0 Å². The first-order valence-corrected chi connectivity index (χ1v) is 7.60. The van der Waals surface area contributed by atoms with Crippen LogP contribution in [0.25, 0.3) is 0 Å². The van der Waals surface area contributed by atoms with Crippen LogP contribution in [-0.2, 0) is 0 Å². The average molecular weight is 261 g/mol. The maximum atomic E-state index is 9.72. The van der Waals surface area contributed by atoms with Gasteiger partial charge in [0.15, 0.2) is 0 Å². The molecule has 2 N–H and O–H groups in total. The Balaban J connectivity index is 1.93. The summed E-state index contributed by atoms with van der Waals surface area (Å²) < 4.78 is 0. The smallest absolute Gasteiger partial charge is 0.0555 e. The van der Waals surface area contributed by atoms with Crippen LogP contribution in [0, 0.1) is 0 Å². The second-order valence-corrected chi connectivity index (χ2v) is 6.23. The normalized spacial score (nSPS) is 25.5. The molecule has 2 rings (SSSR count). The van der Waals surface area contributed by atoms with Crippen molar-refractivity contribution < 1.29 is 5.11 Å². The van der Waals surface area contributed by atoms with E-state index in [-0.39, 0.29) is 6.10 Å². The van der Waals surface area contributed by atoms with Gasteiger partial charge in [-0.05, 0) is 49.7 Å². The predicted octanol–water partition coefficient (Wildman–Crippen LogP) is 3.76. The van der Waals surface area contributed by atoms with Gasteiger partial charge in [-0.3, -0.25) is 0 Å². The van der Waals surface area contributed by atoms with Gasteiger partial charge in [0, 0.05) is 12.1 Å². The topological polar surface area (TPSA) is 32.3 Å². The molecule has 1 aliphatic carbocycles. The lowest BCUT2D eigenvalue weighted by Gasteiger charge is -2.29. The predicted molar refractivity (Wildman–Crippen MR) is 80.3 cm³/mol. The maximum Gasteiger partial charge on any atom is 0.0555 e. The molecule has 19 heavy (non-hydrogen) atoms. The van der Waals surface area contributed by atoms with Crippen LogP contribution in [-0.4, -0.2) is 17.3 Å². The molecule has 1 aromatic carbocycles. The summed E-state index contributed by atoms with van der Waals surface area (Å²) in [6, 6.07) is 9.74.